The second kappa shape index (κ2) is 9.60. The van der Waals surface area contributed by atoms with Gasteiger partial charge >= 0.3 is 0 Å². The fourth-order valence-electron chi connectivity index (χ4n) is 5.58. The third-order valence-electron chi connectivity index (χ3n) is 7.33. The van der Waals surface area contributed by atoms with Crippen molar-refractivity contribution in [2.75, 3.05) is 4.90 Å². The third kappa shape index (κ3) is 3.99. The van der Waals surface area contributed by atoms with E-state index in [1.165, 1.54) is 4.90 Å². The predicted molar refractivity (Wildman–Crippen MR) is 149 cm³/mol. The molecule has 2 saturated heterocycles. The maximum absolute atomic E-state index is 13.9. The minimum absolute atomic E-state index is 0.178. The van der Waals surface area contributed by atoms with Gasteiger partial charge in [-0.2, -0.15) is 0 Å². The van der Waals surface area contributed by atoms with Crippen LogP contribution in [0.15, 0.2) is 112 Å². The highest BCUT2D eigenvalue weighted by Crippen LogP contribution is 2.47. The zero-order chi connectivity index (χ0) is 26.6. The molecule has 188 valence electrons. The van der Waals surface area contributed by atoms with Gasteiger partial charge in [0.2, 0.25) is 11.8 Å². The number of carbonyl (C=O) groups excluding carboxylic acids is 4. The van der Waals surface area contributed by atoms with E-state index < -0.39 is 29.8 Å². The number of imide groups is 1. The zero-order valence-electron chi connectivity index (χ0n) is 19.8. The summed E-state index contributed by atoms with van der Waals surface area (Å²) in [6.45, 7) is 0. The number of anilines is 1. The average molecular weight is 632 g/mol. The van der Waals surface area contributed by atoms with E-state index in [1.54, 1.807) is 96.0 Å². The molecule has 0 unspecified atom stereocenters. The van der Waals surface area contributed by atoms with E-state index in [4.69, 9.17) is 0 Å². The predicted octanol–water partition coefficient (Wildman–Crippen LogP) is 5.59. The first-order valence-corrected chi connectivity index (χ1v) is 13.6. The molecule has 0 aliphatic carbocycles. The molecule has 0 aromatic heterocycles. The molecule has 6 rings (SSSR count). The number of carbonyl (C=O) groups is 4. The van der Waals surface area contributed by atoms with Crippen molar-refractivity contribution in [2.45, 2.75) is 12.1 Å². The SMILES string of the molecule is O=C(C1=C[C@H]2[C@H]3C(=O)N(c4ccc(Br)cc4)C(=O)[C@@H]3[C@H](C(=O)c3ccc(Br)cc3)N2C=C1)c1ccccc1. The van der Waals surface area contributed by atoms with E-state index in [2.05, 4.69) is 31.9 Å². The van der Waals surface area contributed by atoms with Crippen LogP contribution in [0, 0.1) is 11.8 Å². The summed E-state index contributed by atoms with van der Waals surface area (Å²) in [6.07, 6.45) is 5.08. The van der Waals surface area contributed by atoms with Crippen molar-refractivity contribution in [3.05, 3.63) is 123 Å². The maximum atomic E-state index is 13.9. The lowest BCUT2D eigenvalue weighted by molar-refractivity contribution is -0.123. The van der Waals surface area contributed by atoms with E-state index in [0.717, 1.165) is 8.95 Å². The van der Waals surface area contributed by atoms with Gasteiger partial charge in [0.1, 0.15) is 6.04 Å². The first kappa shape index (κ1) is 24.7. The Labute approximate surface area is 235 Å². The molecule has 38 heavy (non-hydrogen) atoms. The molecule has 0 spiro atoms. The Bertz CT molecular complexity index is 1530. The maximum Gasteiger partial charge on any atom is 0.240 e. The molecule has 2 fully saturated rings. The van der Waals surface area contributed by atoms with Crippen molar-refractivity contribution < 1.29 is 19.2 Å². The number of ketones is 2. The molecule has 8 heteroatoms. The number of rotatable bonds is 5. The molecule has 0 N–H and O–H groups in total. The van der Waals surface area contributed by atoms with Crippen LogP contribution in [0.2, 0.25) is 0 Å². The smallest absolute Gasteiger partial charge is 0.240 e. The Morgan fingerprint density at radius 3 is 1.97 bits per heavy atom. The van der Waals surface area contributed by atoms with Gasteiger partial charge in [-0.15, -0.1) is 0 Å². The van der Waals surface area contributed by atoms with E-state index in [0.29, 0.717) is 22.4 Å². The van der Waals surface area contributed by atoms with Gasteiger partial charge in [0.05, 0.1) is 23.6 Å². The van der Waals surface area contributed by atoms with Crippen LogP contribution < -0.4 is 4.90 Å². The second-order valence-electron chi connectivity index (χ2n) is 9.43. The van der Waals surface area contributed by atoms with E-state index in [9.17, 15) is 19.2 Å². The molecule has 3 aromatic carbocycles. The highest BCUT2D eigenvalue weighted by atomic mass is 79.9. The van der Waals surface area contributed by atoms with Crippen LogP contribution in [-0.4, -0.2) is 40.4 Å². The van der Waals surface area contributed by atoms with Gasteiger partial charge in [0.25, 0.3) is 0 Å². The molecular weight excluding hydrogens is 612 g/mol. The lowest BCUT2D eigenvalue weighted by Gasteiger charge is -2.32. The Morgan fingerprint density at radius 1 is 0.711 bits per heavy atom. The van der Waals surface area contributed by atoms with Crippen LogP contribution >= 0.6 is 31.9 Å². The average Bonchev–Trinajstić information content (AvgIpc) is 3.41. The summed E-state index contributed by atoms with van der Waals surface area (Å²) in [5, 5.41) is 0. The van der Waals surface area contributed by atoms with Crippen LogP contribution in [0.5, 0.6) is 0 Å². The molecule has 6 nitrogen and oxygen atoms in total. The molecule has 3 heterocycles. The molecule has 3 aliphatic heterocycles. The van der Waals surface area contributed by atoms with Crippen molar-refractivity contribution in [1.29, 1.82) is 0 Å². The number of allylic oxidation sites excluding steroid dienone is 2. The molecule has 0 saturated carbocycles. The summed E-state index contributed by atoms with van der Waals surface area (Å²) in [5.41, 5.74) is 1.85. The Morgan fingerprint density at radius 2 is 1.32 bits per heavy atom. The summed E-state index contributed by atoms with van der Waals surface area (Å²) in [7, 11) is 0. The van der Waals surface area contributed by atoms with Crippen molar-refractivity contribution in [3.63, 3.8) is 0 Å². The van der Waals surface area contributed by atoms with Crippen LogP contribution in [-0.2, 0) is 9.59 Å². The molecule has 3 aromatic rings. The van der Waals surface area contributed by atoms with Crippen molar-refractivity contribution in [3.8, 4) is 0 Å². The number of fused-ring (bicyclic) bond motifs is 3. The van der Waals surface area contributed by atoms with Crippen LogP contribution in [0.4, 0.5) is 5.69 Å². The van der Waals surface area contributed by atoms with Gasteiger partial charge in [-0.3, -0.25) is 19.2 Å². The first-order chi connectivity index (χ1) is 18.3. The van der Waals surface area contributed by atoms with E-state index in [-0.39, 0.29) is 17.5 Å². The Hall–Kier alpha value is -3.62. The van der Waals surface area contributed by atoms with Gasteiger partial charge in [0, 0.05) is 31.8 Å². The highest BCUT2D eigenvalue weighted by molar-refractivity contribution is 9.10. The number of hydrogen-bond acceptors (Lipinski definition) is 5. The largest absolute Gasteiger partial charge is 0.359 e. The number of nitrogens with zero attached hydrogens (tertiary/aromatic N) is 2. The van der Waals surface area contributed by atoms with E-state index in [1.807, 2.05) is 6.07 Å². The molecule has 2 amide bonds. The second-order valence-corrected chi connectivity index (χ2v) is 11.3. The fourth-order valence-corrected chi connectivity index (χ4v) is 6.11. The minimum Gasteiger partial charge on any atom is -0.359 e. The lowest BCUT2D eigenvalue weighted by Crippen LogP contribution is -2.46. The highest BCUT2D eigenvalue weighted by Gasteiger charge is 2.63. The quantitative estimate of drug-likeness (QED) is 0.271. The summed E-state index contributed by atoms with van der Waals surface area (Å²) >= 11 is 6.78. The Kier molecular flexibility index (Phi) is 6.24. The summed E-state index contributed by atoms with van der Waals surface area (Å²) in [4.78, 5) is 57.8. The molecule has 3 aliphatic rings. The first-order valence-electron chi connectivity index (χ1n) is 12.1. The normalized spacial score (nSPS) is 23.8. The third-order valence-corrected chi connectivity index (χ3v) is 8.39. The zero-order valence-corrected chi connectivity index (χ0v) is 23.0. The van der Waals surface area contributed by atoms with Crippen molar-refractivity contribution in [1.82, 2.24) is 4.90 Å². The molecule has 0 bridgehead atoms. The lowest BCUT2D eigenvalue weighted by atomic mass is 9.85. The van der Waals surface area contributed by atoms with Crippen LogP contribution in [0.1, 0.15) is 20.7 Å². The van der Waals surface area contributed by atoms with Crippen molar-refractivity contribution in [2.24, 2.45) is 11.8 Å². The molecular formula is C30H20Br2N2O4. The molecule has 0 radical (unpaired) electrons. The summed E-state index contributed by atoms with van der Waals surface area (Å²) < 4.78 is 1.65. The van der Waals surface area contributed by atoms with Gasteiger partial charge in [-0.05, 0) is 42.5 Å². The minimum atomic E-state index is -0.889. The summed E-state index contributed by atoms with van der Waals surface area (Å²) in [6, 6.07) is 21.3. The van der Waals surface area contributed by atoms with Gasteiger partial charge < -0.3 is 4.90 Å². The van der Waals surface area contributed by atoms with Gasteiger partial charge in [0.15, 0.2) is 11.6 Å². The standard InChI is InChI=1S/C30H20Br2N2O4/c31-20-8-6-18(7-9-20)28(36)26-25-24(29(37)34(30(25)38)22-12-10-21(32)11-13-22)23-16-19(14-15-33(23)26)27(35)17-4-2-1-3-5-17/h1-16,23-26H/t23-,24+,25-,26+/m0/s1. The van der Waals surface area contributed by atoms with Gasteiger partial charge in [-0.25, -0.2) is 4.90 Å². The fraction of sp³-hybridized carbons (Fsp3) is 0.133. The number of benzene rings is 3. The number of halogens is 2. The number of hydrogen-bond donors (Lipinski definition) is 0. The van der Waals surface area contributed by atoms with E-state index >= 15 is 0 Å². The monoisotopic (exact) mass is 630 g/mol. The number of Topliss-reactive ketones (excluding diaryl/α,β-unsaturated/α-hetero) is 2. The topological polar surface area (TPSA) is 74.8 Å². The van der Waals surface area contributed by atoms with Crippen molar-refractivity contribution >= 4 is 60.9 Å². The van der Waals surface area contributed by atoms with Crippen LogP contribution in [0.25, 0.3) is 0 Å². The van der Waals surface area contributed by atoms with Crippen LogP contribution in [0.3, 0.4) is 0 Å². The Balaban J connectivity index is 1.43. The molecule has 4 atom stereocenters. The van der Waals surface area contributed by atoms with Gasteiger partial charge in [-0.1, -0.05) is 80.4 Å². The summed E-state index contributed by atoms with van der Waals surface area (Å²) in [5.74, 6) is -2.91. The number of amides is 2.